The molecule has 20 heavy (non-hydrogen) atoms. The van der Waals surface area contributed by atoms with Crippen LogP contribution < -0.4 is 11.1 Å². The summed E-state index contributed by atoms with van der Waals surface area (Å²) in [5, 5.41) is 12.5. The largest absolute Gasteiger partial charge is 0.506 e. The van der Waals surface area contributed by atoms with Crippen molar-refractivity contribution < 1.29 is 9.90 Å². The molecule has 0 fully saturated rings. The predicted molar refractivity (Wildman–Crippen MR) is 84.0 cm³/mol. The second-order valence-electron chi connectivity index (χ2n) is 4.43. The van der Waals surface area contributed by atoms with Gasteiger partial charge in [-0.2, -0.15) is 0 Å². The van der Waals surface area contributed by atoms with Crippen molar-refractivity contribution in [2.24, 2.45) is 0 Å². The maximum Gasteiger partial charge on any atom is 0.255 e. The highest BCUT2D eigenvalue weighted by molar-refractivity contribution is 9.10. The summed E-state index contributed by atoms with van der Waals surface area (Å²) >= 11 is 3.29. The number of rotatable bonds is 3. The first-order valence-electron chi connectivity index (χ1n) is 6.19. The standard InChI is InChI=1S/C15H15BrN2O2/c1-2-9-3-4-14(19)13(5-9)18-15(20)10-6-11(16)8-12(17)7-10/h3-8,19H,2,17H2,1H3,(H,18,20). The fourth-order valence-corrected chi connectivity index (χ4v) is 2.35. The SMILES string of the molecule is CCc1ccc(O)c(NC(=O)c2cc(N)cc(Br)c2)c1. The zero-order valence-electron chi connectivity index (χ0n) is 11.0. The van der Waals surface area contributed by atoms with Gasteiger partial charge >= 0.3 is 0 Å². The van der Waals surface area contributed by atoms with E-state index < -0.39 is 0 Å². The van der Waals surface area contributed by atoms with Gasteiger partial charge in [-0.15, -0.1) is 0 Å². The normalized spacial score (nSPS) is 10.3. The van der Waals surface area contributed by atoms with Crippen LogP contribution in [-0.4, -0.2) is 11.0 Å². The van der Waals surface area contributed by atoms with Gasteiger partial charge in [0, 0.05) is 15.7 Å². The van der Waals surface area contributed by atoms with Crippen molar-refractivity contribution in [3.05, 3.63) is 52.0 Å². The van der Waals surface area contributed by atoms with Crippen LogP contribution >= 0.6 is 15.9 Å². The molecule has 0 unspecified atom stereocenters. The molecule has 0 aromatic heterocycles. The molecule has 2 aromatic carbocycles. The number of hydrogen-bond acceptors (Lipinski definition) is 3. The van der Waals surface area contributed by atoms with E-state index in [1.807, 2.05) is 13.0 Å². The van der Waals surface area contributed by atoms with Crippen LogP contribution in [-0.2, 0) is 6.42 Å². The van der Waals surface area contributed by atoms with Crippen LogP contribution in [0.5, 0.6) is 5.75 Å². The van der Waals surface area contributed by atoms with Crippen LogP contribution in [0.15, 0.2) is 40.9 Å². The Labute approximate surface area is 125 Å². The highest BCUT2D eigenvalue weighted by Gasteiger charge is 2.10. The third kappa shape index (κ3) is 3.30. The summed E-state index contributed by atoms with van der Waals surface area (Å²) in [5.74, 6) is -0.278. The molecule has 2 rings (SSSR count). The van der Waals surface area contributed by atoms with Crippen molar-refractivity contribution in [3.63, 3.8) is 0 Å². The molecule has 104 valence electrons. The fraction of sp³-hybridized carbons (Fsp3) is 0.133. The van der Waals surface area contributed by atoms with Gasteiger partial charge in [-0.05, 0) is 42.3 Å². The van der Waals surface area contributed by atoms with Crippen LogP contribution in [0.3, 0.4) is 0 Å². The zero-order chi connectivity index (χ0) is 14.7. The fourth-order valence-electron chi connectivity index (χ4n) is 1.84. The minimum absolute atomic E-state index is 0.0403. The Kier molecular flexibility index (Phi) is 4.29. The van der Waals surface area contributed by atoms with Crippen molar-refractivity contribution >= 4 is 33.2 Å². The van der Waals surface area contributed by atoms with Gasteiger partial charge in [0.15, 0.2) is 0 Å². The maximum atomic E-state index is 12.2. The number of amides is 1. The first-order valence-corrected chi connectivity index (χ1v) is 6.98. The number of halogens is 1. The summed E-state index contributed by atoms with van der Waals surface area (Å²) in [4.78, 5) is 12.2. The first kappa shape index (κ1) is 14.4. The minimum Gasteiger partial charge on any atom is -0.506 e. The summed E-state index contributed by atoms with van der Waals surface area (Å²) in [7, 11) is 0. The summed E-state index contributed by atoms with van der Waals surface area (Å²) in [6.45, 7) is 2.01. The minimum atomic E-state index is -0.318. The Bertz CT molecular complexity index is 636. The second kappa shape index (κ2) is 5.96. The molecule has 4 nitrogen and oxygen atoms in total. The number of nitrogens with two attached hydrogens (primary N) is 1. The van der Waals surface area contributed by atoms with E-state index in [1.54, 1.807) is 30.3 Å². The lowest BCUT2D eigenvalue weighted by Gasteiger charge is -2.09. The van der Waals surface area contributed by atoms with E-state index in [2.05, 4.69) is 21.2 Å². The van der Waals surface area contributed by atoms with E-state index in [0.29, 0.717) is 16.9 Å². The molecule has 0 bridgehead atoms. The maximum absolute atomic E-state index is 12.2. The van der Waals surface area contributed by atoms with Crippen LogP contribution in [0.4, 0.5) is 11.4 Å². The number of nitrogens with one attached hydrogen (secondary N) is 1. The molecule has 0 saturated carbocycles. The van der Waals surface area contributed by atoms with Gasteiger partial charge in [-0.25, -0.2) is 0 Å². The molecule has 0 aliphatic rings. The summed E-state index contributed by atoms with van der Waals surface area (Å²) in [6.07, 6.45) is 0.826. The molecule has 4 N–H and O–H groups in total. The number of carbonyl (C=O) groups is 1. The molecule has 5 heteroatoms. The molecule has 2 aromatic rings. The smallest absolute Gasteiger partial charge is 0.255 e. The highest BCUT2D eigenvalue weighted by atomic mass is 79.9. The number of phenols is 1. The molecule has 1 amide bonds. The Morgan fingerprint density at radius 1 is 1.30 bits per heavy atom. The van der Waals surface area contributed by atoms with E-state index in [0.717, 1.165) is 16.5 Å². The monoisotopic (exact) mass is 334 g/mol. The molecule has 0 aliphatic heterocycles. The molecular formula is C15H15BrN2O2. The lowest BCUT2D eigenvalue weighted by atomic mass is 10.1. The summed E-state index contributed by atoms with van der Waals surface area (Å²) in [5.41, 5.74) is 8.06. The first-order chi connectivity index (χ1) is 9.49. The zero-order valence-corrected chi connectivity index (χ0v) is 12.6. The topological polar surface area (TPSA) is 75.3 Å². The number of nitrogen functional groups attached to an aromatic ring is 1. The number of aryl methyl sites for hydroxylation is 1. The molecule has 0 spiro atoms. The van der Waals surface area contributed by atoms with E-state index in [1.165, 1.54) is 0 Å². The molecular weight excluding hydrogens is 320 g/mol. The van der Waals surface area contributed by atoms with Crippen molar-refractivity contribution in [3.8, 4) is 5.75 Å². The quantitative estimate of drug-likeness (QED) is 0.593. The molecule has 0 saturated heterocycles. The Hall–Kier alpha value is -2.01. The van der Waals surface area contributed by atoms with Crippen LogP contribution in [0.25, 0.3) is 0 Å². The number of anilines is 2. The summed E-state index contributed by atoms with van der Waals surface area (Å²) in [6, 6.07) is 10.1. The van der Waals surface area contributed by atoms with Gasteiger partial charge in [0.2, 0.25) is 0 Å². The van der Waals surface area contributed by atoms with Gasteiger partial charge in [-0.1, -0.05) is 28.9 Å². The van der Waals surface area contributed by atoms with Crippen molar-refractivity contribution in [2.45, 2.75) is 13.3 Å². The Balaban J connectivity index is 2.27. The van der Waals surface area contributed by atoms with E-state index >= 15 is 0 Å². The van der Waals surface area contributed by atoms with Gasteiger partial charge < -0.3 is 16.2 Å². The van der Waals surface area contributed by atoms with E-state index in [-0.39, 0.29) is 11.7 Å². The molecule has 0 radical (unpaired) electrons. The average Bonchev–Trinajstić information content (AvgIpc) is 2.40. The molecule has 0 atom stereocenters. The second-order valence-corrected chi connectivity index (χ2v) is 5.35. The molecule has 0 aliphatic carbocycles. The Morgan fingerprint density at radius 2 is 2.05 bits per heavy atom. The van der Waals surface area contributed by atoms with Crippen molar-refractivity contribution in [2.75, 3.05) is 11.1 Å². The van der Waals surface area contributed by atoms with E-state index in [9.17, 15) is 9.90 Å². The highest BCUT2D eigenvalue weighted by Crippen LogP contribution is 2.26. The number of benzene rings is 2. The van der Waals surface area contributed by atoms with Crippen molar-refractivity contribution in [1.29, 1.82) is 0 Å². The predicted octanol–water partition coefficient (Wildman–Crippen LogP) is 3.55. The third-order valence-corrected chi connectivity index (χ3v) is 3.36. The number of phenolic OH excluding ortho intramolecular Hbond substituents is 1. The van der Waals surface area contributed by atoms with Gasteiger partial charge in [-0.3, -0.25) is 4.79 Å². The van der Waals surface area contributed by atoms with Crippen LogP contribution in [0, 0.1) is 0 Å². The third-order valence-electron chi connectivity index (χ3n) is 2.90. The van der Waals surface area contributed by atoms with Gasteiger partial charge in [0.1, 0.15) is 5.75 Å². The summed E-state index contributed by atoms with van der Waals surface area (Å²) < 4.78 is 0.731. The Morgan fingerprint density at radius 3 is 2.70 bits per heavy atom. The lowest BCUT2D eigenvalue weighted by Crippen LogP contribution is -2.12. The van der Waals surface area contributed by atoms with Crippen molar-refractivity contribution in [1.82, 2.24) is 0 Å². The van der Waals surface area contributed by atoms with Gasteiger partial charge in [0.05, 0.1) is 5.69 Å². The van der Waals surface area contributed by atoms with Crippen LogP contribution in [0.2, 0.25) is 0 Å². The number of aromatic hydroxyl groups is 1. The lowest BCUT2D eigenvalue weighted by molar-refractivity contribution is 0.102. The van der Waals surface area contributed by atoms with E-state index in [4.69, 9.17) is 5.73 Å². The van der Waals surface area contributed by atoms with Gasteiger partial charge in [0.25, 0.3) is 5.91 Å². The molecule has 0 heterocycles. The number of carbonyl (C=O) groups excluding carboxylic acids is 1. The average molecular weight is 335 g/mol. The van der Waals surface area contributed by atoms with Crippen LogP contribution in [0.1, 0.15) is 22.8 Å². The number of hydrogen-bond donors (Lipinski definition) is 3.